The zero-order chi connectivity index (χ0) is 21.7. The molecule has 2 aromatic rings. The predicted molar refractivity (Wildman–Crippen MR) is 112 cm³/mol. The van der Waals surface area contributed by atoms with Gasteiger partial charge in [0.2, 0.25) is 5.91 Å². The second-order valence-corrected chi connectivity index (χ2v) is 9.91. The van der Waals surface area contributed by atoms with E-state index in [2.05, 4.69) is 0 Å². The van der Waals surface area contributed by atoms with E-state index < -0.39 is 14.8 Å². The normalized spacial score (nSPS) is 14.5. The van der Waals surface area contributed by atoms with Crippen LogP contribution in [-0.2, 0) is 25.2 Å². The van der Waals surface area contributed by atoms with Gasteiger partial charge in [0.25, 0.3) is 5.69 Å². The highest BCUT2D eigenvalue weighted by molar-refractivity contribution is 8.00. The van der Waals surface area contributed by atoms with Crippen LogP contribution in [0.4, 0.5) is 5.69 Å². The summed E-state index contributed by atoms with van der Waals surface area (Å²) >= 11 is 1.05. The van der Waals surface area contributed by atoms with Crippen molar-refractivity contribution in [3.8, 4) is 0 Å². The van der Waals surface area contributed by atoms with Crippen molar-refractivity contribution >= 4 is 39.0 Å². The molecule has 1 fully saturated rings. The number of nitro groups is 1. The zero-order valence-electron chi connectivity index (χ0n) is 16.0. The van der Waals surface area contributed by atoms with Crippen LogP contribution in [0, 0.1) is 10.1 Å². The summed E-state index contributed by atoms with van der Waals surface area (Å²) < 4.78 is 25.6. The summed E-state index contributed by atoms with van der Waals surface area (Å²) in [4.78, 5) is 36.1. The van der Waals surface area contributed by atoms with Crippen molar-refractivity contribution in [1.82, 2.24) is 4.90 Å². The first-order valence-electron chi connectivity index (χ1n) is 9.23. The monoisotopic (exact) mass is 448 g/mol. The summed E-state index contributed by atoms with van der Waals surface area (Å²) in [6, 6.07) is 12.2. The van der Waals surface area contributed by atoms with Gasteiger partial charge in [0.05, 0.1) is 21.3 Å². The van der Waals surface area contributed by atoms with Crippen LogP contribution in [0.15, 0.2) is 58.3 Å². The van der Waals surface area contributed by atoms with Gasteiger partial charge in [0.1, 0.15) is 5.78 Å². The molecule has 0 radical (unpaired) electrons. The number of nitro benzene ring substituents is 1. The van der Waals surface area contributed by atoms with E-state index in [1.54, 1.807) is 35.2 Å². The number of hydrogen-bond acceptors (Lipinski definition) is 7. The molecule has 0 bridgehead atoms. The van der Waals surface area contributed by atoms with Crippen LogP contribution in [0.1, 0.15) is 18.4 Å². The van der Waals surface area contributed by atoms with E-state index in [1.807, 2.05) is 0 Å². The largest absolute Gasteiger partial charge is 0.341 e. The first-order chi connectivity index (χ1) is 14.2. The van der Waals surface area contributed by atoms with Crippen LogP contribution >= 0.6 is 11.8 Å². The lowest BCUT2D eigenvalue weighted by atomic mass is 10.1. The van der Waals surface area contributed by atoms with Gasteiger partial charge in [-0.1, -0.05) is 30.3 Å². The molecule has 1 aliphatic heterocycles. The number of likely N-dealkylation sites (tertiary alicyclic amines) is 1. The SMILES string of the molecule is O=C1CCN(C(=O)CSc2cc([N+](=O)[O-])cc(S(=O)(=O)Cc3ccccc3)c2)CC1. The van der Waals surface area contributed by atoms with Crippen LogP contribution in [0.3, 0.4) is 0 Å². The number of benzene rings is 2. The maximum atomic E-state index is 12.8. The van der Waals surface area contributed by atoms with Crippen molar-refractivity contribution in [3.05, 3.63) is 64.2 Å². The van der Waals surface area contributed by atoms with Gasteiger partial charge in [-0.25, -0.2) is 8.42 Å². The summed E-state index contributed by atoms with van der Waals surface area (Å²) in [5.74, 6) is -0.334. The minimum atomic E-state index is -3.81. The lowest BCUT2D eigenvalue weighted by Crippen LogP contribution is -2.39. The molecule has 1 aliphatic rings. The number of nitrogens with zero attached hydrogens (tertiary/aromatic N) is 2. The average molecular weight is 449 g/mol. The number of amides is 1. The Morgan fingerprint density at radius 1 is 1.10 bits per heavy atom. The number of Topliss-reactive ketones (excluding diaryl/α,β-unsaturated/α-hetero) is 1. The maximum Gasteiger partial charge on any atom is 0.271 e. The van der Waals surface area contributed by atoms with E-state index in [-0.39, 0.29) is 33.8 Å². The lowest BCUT2D eigenvalue weighted by molar-refractivity contribution is -0.385. The van der Waals surface area contributed by atoms with Gasteiger partial charge in [-0.05, 0) is 11.6 Å². The van der Waals surface area contributed by atoms with Crippen LogP contribution in [0.25, 0.3) is 0 Å². The summed E-state index contributed by atoms with van der Waals surface area (Å²) in [6.07, 6.45) is 0.657. The Morgan fingerprint density at radius 2 is 1.77 bits per heavy atom. The topological polar surface area (TPSA) is 115 Å². The quantitative estimate of drug-likeness (QED) is 0.363. The third kappa shape index (κ3) is 5.67. The number of sulfone groups is 1. The van der Waals surface area contributed by atoms with Crippen LogP contribution < -0.4 is 0 Å². The third-order valence-electron chi connectivity index (χ3n) is 4.67. The van der Waals surface area contributed by atoms with Gasteiger partial charge < -0.3 is 4.90 Å². The second kappa shape index (κ2) is 9.40. The van der Waals surface area contributed by atoms with E-state index in [9.17, 15) is 28.1 Å². The van der Waals surface area contributed by atoms with E-state index >= 15 is 0 Å². The zero-order valence-corrected chi connectivity index (χ0v) is 17.7. The molecule has 158 valence electrons. The molecular weight excluding hydrogens is 428 g/mol. The molecule has 1 amide bonds. The first kappa shape index (κ1) is 22.0. The number of thioether (sulfide) groups is 1. The number of ketones is 1. The van der Waals surface area contributed by atoms with Crippen molar-refractivity contribution in [2.75, 3.05) is 18.8 Å². The molecule has 1 heterocycles. The average Bonchev–Trinajstić information content (AvgIpc) is 2.72. The van der Waals surface area contributed by atoms with Crippen molar-refractivity contribution in [2.45, 2.75) is 28.4 Å². The van der Waals surface area contributed by atoms with Crippen LogP contribution in [0.2, 0.25) is 0 Å². The maximum absolute atomic E-state index is 12.8. The fraction of sp³-hybridized carbons (Fsp3) is 0.300. The molecular formula is C20H20N2O6S2. The number of non-ortho nitro benzene ring substituents is 1. The number of hydrogen-bond donors (Lipinski definition) is 0. The van der Waals surface area contributed by atoms with Crippen LogP contribution in [0.5, 0.6) is 0 Å². The molecule has 0 atom stereocenters. The molecule has 8 nitrogen and oxygen atoms in total. The molecule has 2 aromatic carbocycles. The van der Waals surface area contributed by atoms with E-state index in [0.717, 1.165) is 17.8 Å². The van der Waals surface area contributed by atoms with Crippen LogP contribution in [-0.4, -0.2) is 48.8 Å². The molecule has 0 unspecified atom stereocenters. The minimum Gasteiger partial charge on any atom is -0.341 e. The summed E-state index contributed by atoms with van der Waals surface area (Å²) in [6.45, 7) is 0.730. The van der Waals surface area contributed by atoms with Crippen molar-refractivity contribution in [1.29, 1.82) is 0 Å². The Bertz CT molecular complexity index is 1060. The fourth-order valence-corrected chi connectivity index (χ4v) is 5.41. The standard InChI is InChI=1S/C20H20N2O6S2/c23-17-6-8-21(9-7-17)20(24)13-29-18-10-16(22(25)26)11-19(12-18)30(27,28)14-15-4-2-1-3-5-15/h1-5,10-12H,6-9,13-14H2. The molecule has 1 saturated heterocycles. The van der Waals surface area contributed by atoms with Gasteiger partial charge in [-0.2, -0.15) is 0 Å². The van der Waals surface area contributed by atoms with E-state index in [0.29, 0.717) is 36.4 Å². The van der Waals surface area contributed by atoms with Crippen molar-refractivity contribution in [2.24, 2.45) is 0 Å². The van der Waals surface area contributed by atoms with Crippen molar-refractivity contribution < 1.29 is 22.9 Å². The Labute approximate surface area is 178 Å². The first-order valence-corrected chi connectivity index (χ1v) is 11.9. The number of carbonyl (C=O) groups excluding carboxylic acids is 2. The van der Waals surface area contributed by atoms with Gasteiger partial charge in [-0.3, -0.25) is 19.7 Å². The summed E-state index contributed by atoms with van der Waals surface area (Å²) in [7, 11) is -3.81. The summed E-state index contributed by atoms with van der Waals surface area (Å²) in [5.41, 5.74) is 0.232. The highest BCUT2D eigenvalue weighted by Crippen LogP contribution is 2.29. The molecule has 0 aliphatic carbocycles. The Balaban J connectivity index is 1.78. The van der Waals surface area contributed by atoms with Crippen molar-refractivity contribution in [3.63, 3.8) is 0 Å². The minimum absolute atomic E-state index is 0.00747. The second-order valence-electron chi connectivity index (χ2n) is 6.87. The molecule has 30 heavy (non-hydrogen) atoms. The molecule has 0 aromatic heterocycles. The van der Waals surface area contributed by atoms with Gasteiger partial charge >= 0.3 is 0 Å². The molecule has 0 N–H and O–H groups in total. The van der Waals surface area contributed by atoms with Gasteiger partial charge in [-0.15, -0.1) is 11.8 Å². The Kier molecular flexibility index (Phi) is 6.88. The highest BCUT2D eigenvalue weighted by atomic mass is 32.2. The Morgan fingerprint density at radius 3 is 2.40 bits per heavy atom. The number of rotatable bonds is 7. The van der Waals surface area contributed by atoms with Gasteiger partial charge in [0.15, 0.2) is 9.84 Å². The van der Waals surface area contributed by atoms with Gasteiger partial charge in [0, 0.05) is 43.0 Å². The number of piperidine rings is 1. The molecule has 10 heteroatoms. The lowest BCUT2D eigenvalue weighted by Gasteiger charge is -2.25. The summed E-state index contributed by atoms with van der Waals surface area (Å²) in [5, 5.41) is 11.3. The molecule has 0 saturated carbocycles. The highest BCUT2D eigenvalue weighted by Gasteiger charge is 2.23. The smallest absolute Gasteiger partial charge is 0.271 e. The van der Waals surface area contributed by atoms with E-state index in [4.69, 9.17) is 0 Å². The predicted octanol–water partition coefficient (Wildman–Crippen LogP) is 2.85. The Hall–Kier alpha value is -2.72. The number of carbonyl (C=O) groups is 2. The van der Waals surface area contributed by atoms with E-state index in [1.165, 1.54) is 12.1 Å². The fourth-order valence-electron chi connectivity index (χ4n) is 3.04. The third-order valence-corrected chi connectivity index (χ3v) is 7.30. The molecule has 0 spiro atoms. The molecule has 3 rings (SSSR count).